The van der Waals surface area contributed by atoms with Crippen molar-refractivity contribution in [2.24, 2.45) is 0 Å². The fraction of sp³-hybridized carbons (Fsp3) is 0.278. The summed E-state index contributed by atoms with van der Waals surface area (Å²) in [6.07, 6.45) is 2.40. The molecule has 1 aromatic carbocycles. The quantitative estimate of drug-likeness (QED) is 0.795. The van der Waals surface area contributed by atoms with Gasteiger partial charge in [-0.05, 0) is 30.2 Å². The Kier molecular flexibility index (Phi) is 3.76. The summed E-state index contributed by atoms with van der Waals surface area (Å²) in [6.45, 7) is 0.443. The van der Waals surface area contributed by atoms with Gasteiger partial charge < -0.3 is 20.7 Å². The van der Waals surface area contributed by atoms with Crippen LogP contribution >= 0.6 is 0 Å². The maximum Gasteiger partial charge on any atom is 0.319 e. The summed E-state index contributed by atoms with van der Waals surface area (Å²) in [5, 5.41) is 8.44. The molecule has 2 heterocycles. The fourth-order valence-corrected chi connectivity index (χ4v) is 3.11. The van der Waals surface area contributed by atoms with Crippen LogP contribution in [0.5, 0.6) is 5.75 Å². The molecule has 25 heavy (non-hydrogen) atoms. The molecule has 4 rings (SSSR count). The SMILES string of the molecule is COc1cccc([C@@H]2C[C@H]2NC(=O)Nc2cnc3c(c2)CNC3=O)c1. The molecule has 7 nitrogen and oxygen atoms in total. The van der Waals surface area contributed by atoms with Gasteiger partial charge >= 0.3 is 6.03 Å². The average molecular weight is 338 g/mol. The van der Waals surface area contributed by atoms with Crippen LogP contribution in [0.2, 0.25) is 0 Å². The Morgan fingerprint density at radius 1 is 1.36 bits per heavy atom. The molecule has 1 saturated carbocycles. The van der Waals surface area contributed by atoms with Gasteiger partial charge in [-0.15, -0.1) is 0 Å². The van der Waals surface area contributed by atoms with Crippen LogP contribution in [-0.4, -0.2) is 30.1 Å². The third-order valence-corrected chi connectivity index (χ3v) is 4.51. The van der Waals surface area contributed by atoms with Crippen LogP contribution in [0, 0.1) is 0 Å². The van der Waals surface area contributed by atoms with Gasteiger partial charge in [-0.25, -0.2) is 9.78 Å². The topological polar surface area (TPSA) is 92.3 Å². The molecule has 0 bridgehead atoms. The normalized spacial score (nSPS) is 20.4. The summed E-state index contributed by atoms with van der Waals surface area (Å²) in [5.74, 6) is 0.950. The predicted molar refractivity (Wildman–Crippen MR) is 91.7 cm³/mol. The van der Waals surface area contributed by atoms with E-state index in [1.165, 1.54) is 6.20 Å². The number of rotatable bonds is 4. The molecule has 2 aromatic rings. The van der Waals surface area contributed by atoms with E-state index in [0.29, 0.717) is 23.8 Å². The number of carbonyl (C=O) groups excluding carboxylic acids is 2. The summed E-state index contributed by atoms with van der Waals surface area (Å²) < 4.78 is 5.24. The minimum atomic E-state index is -0.269. The number of hydrogen-bond donors (Lipinski definition) is 3. The van der Waals surface area contributed by atoms with E-state index in [4.69, 9.17) is 4.74 Å². The van der Waals surface area contributed by atoms with Crippen molar-refractivity contribution >= 4 is 17.6 Å². The van der Waals surface area contributed by atoms with Crippen molar-refractivity contribution in [1.82, 2.24) is 15.6 Å². The highest BCUT2D eigenvalue weighted by molar-refractivity contribution is 5.97. The first-order valence-electron chi connectivity index (χ1n) is 8.12. The van der Waals surface area contributed by atoms with Crippen molar-refractivity contribution in [3.05, 3.63) is 53.3 Å². The number of ether oxygens (including phenoxy) is 1. The Labute approximate surface area is 144 Å². The van der Waals surface area contributed by atoms with Gasteiger partial charge in [0, 0.05) is 24.1 Å². The van der Waals surface area contributed by atoms with E-state index in [1.807, 2.05) is 24.3 Å². The second-order valence-electron chi connectivity index (χ2n) is 6.24. The average Bonchev–Trinajstić information content (AvgIpc) is 3.29. The van der Waals surface area contributed by atoms with E-state index in [2.05, 4.69) is 20.9 Å². The number of amides is 3. The lowest BCUT2D eigenvalue weighted by Crippen LogP contribution is -2.31. The molecule has 0 saturated heterocycles. The van der Waals surface area contributed by atoms with Crippen molar-refractivity contribution in [3.8, 4) is 5.75 Å². The summed E-state index contributed by atoms with van der Waals surface area (Å²) >= 11 is 0. The van der Waals surface area contributed by atoms with Crippen LogP contribution in [0.15, 0.2) is 36.5 Å². The van der Waals surface area contributed by atoms with Crippen molar-refractivity contribution in [3.63, 3.8) is 0 Å². The summed E-state index contributed by atoms with van der Waals surface area (Å²) in [7, 11) is 1.64. The molecule has 1 aliphatic heterocycles. The maximum absolute atomic E-state index is 12.2. The van der Waals surface area contributed by atoms with E-state index >= 15 is 0 Å². The van der Waals surface area contributed by atoms with Crippen molar-refractivity contribution in [2.75, 3.05) is 12.4 Å². The Morgan fingerprint density at radius 2 is 2.24 bits per heavy atom. The Morgan fingerprint density at radius 3 is 3.08 bits per heavy atom. The lowest BCUT2D eigenvalue weighted by atomic mass is 10.1. The second-order valence-corrected chi connectivity index (χ2v) is 6.24. The van der Waals surface area contributed by atoms with E-state index in [0.717, 1.165) is 23.3 Å². The molecule has 0 spiro atoms. The molecular formula is C18H18N4O3. The van der Waals surface area contributed by atoms with Gasteiger partial charge in [0.15, 0.2) is 0 Å². The van der Waals surface area contributed by atoms with Gasteiger partial charge in [0.05, 0.1) is 19.0 Å². The number of benzene rings is 1. The van der Waals surface area contributed by atoms with E-state index < -0.39 is 0 Å². The zero-order valence-electron chi connectivity index (χ0n) is 13.7. The van der Waals surface area contributed by atoms with Crippen molar-refractivity contribution < 1.29 is 14.3 Å². The Balaban J connectivity index is 1.35. The summed E-state index contributed by atoms with van der Waals surface area (Å²) in [5.41, 5.74) is 2.95. The smallest absolute Gasteiger partial charge is 0.319 e. The van der Waals surface area contributed by atoms with Gasteiger partial charge in [0.1, 0.15) is 11.4 Å². The molecule has 1 fully saturated rings. The number of nitrogens with one attached hydrogen (secondary N) is 3. The molecule has 128 valence electrons. The molecule has 7 heteroatoms. The van der Waals surface area contributed by atoms with Crippen LogP contribution in [-0.2, 0) is 6.54 Å². The molecule has 3 amide bonds. The minimum absolute atomic E-state index is 0.109. The first-order valence-corrected chi connectivity index (χ1v) is 8.12. The Hall–Kier alpha value is -3.09. The third-order valence-electron chi connectivity index (χ3n) is 4.51. The number of hydrogen-bond acceptors (Lipinski definition) is 4. The van der Waals surface area contributed by atoms with E-state index in [1.54, 1.807) is 13.2 Å². The van der Waals surface area contributed by atoms with Crippen LogP contribution < -0.4 is 20.7 Å². The lowest BCUT2D eigenvalue weighted by Gasteiger charge is -2.08. The van der Waals surface area contributed by atoms with Crippen LogP contribution in [0.4, 0.5) is 10.5 Å². The monoisotopic (exact) mass is 338 g/mol. The lowest BCUT2D eigenvalue weighted by molar-refractivity contribution is 0.0961. The zero-order chi connectivity index (χ0) is 17.4. The fourth-order valence-electron chi connectivity index (χ4n) is 3.11. The van der Waals surface area contributed by atoms with Crippen LogP contribution in [0.3, 0.4) is 0 Å². The molecular weight excluding hydrogens is 320 g/mol. The molecule has 0 radical (unpaired) electrons. The largest absolute Gasteiger partial charge is 0.497 e. The number of aromatic nitrogens is 1. The number of carbonyl (C=O) groups is 2. The van der Waals surface area contributed by atoms with Gasteiger partial charge in [-0.1, -0.05) is 12.1 Å². The summed E-state index contributed by atoms with van der Waals surface area (Å²) in [4.78, 5) is 27.8. The highest BCUT2D eigenvalue weighted by Gasteiger charge is 2.39. The second kappa shape index (κ2) is 6.08. The first kappa shape index (κ1) is 15.4. The molecule has 3 N–H and O–H groups in total. The minimum Gasteiger partial charge on any atom is -0.497 e. The van der Waals surface area contributed by atoms with E-state index in [9.17, 15) is 9.59 Å². The molecule has 0 unspecified atom stereocenters. The van der Waals surface area contributed by atoms with E-state index in [-0.39, 0.29) is 18.0 Å². The summed E-state index contributed by atoms with van der Waals surface area (Å²) in [6, 6.07) is 9.51. The Bertz CT molecular complexity index is 852. The maximum atomic E-state index is 12.2. The molecule has 2 atom stereocenters. The van der Waals surface area contributed by atoms with Gasteiger partial charge in [-0.2, -0.15) is 0 Å². The number of fused-ring (bicyclic) bond motifs is 1. The number of pyridine rings is 1. The highest BCUT2D eigenvalue weighted by atomic mass is 16.5. The van der Waals surface area contributed by atoms with Crippen molar-refractivity contribution in [2.45, 2.75) is 24.9 Å². The van der Waals surface area contributed by atoms with Gasteiger partial charge in [0.25, 0.3) is 5.91 Å². The van der Waals surface area contributed by atoms with Crippen LogP contribution in [0.25, 0.3) is 0 Å². The molecule has 1 aromatic heterocycles. The number of anilines is 1. The van der Waals surface area contributed by atoms with Gasteiger partial charge in [0.2, 0.25) is 0 Å². The number of nitrogens with zero attached hydrogens (tertiary/aromatic N) is 1. The number of methoxy groups -OCH3 is 1. The third kappa shape index (κ3) is 3.13. The standard InChI is InChI=1S/C18H18N4O3/c1-25-13-4-2-3-10(6-13)14-7-15(14)22-18(24)21-12-5-11-8-20-17(23)16(11)19-9-12/h2-6,9,14-15H,7-8H2,1H3,(H,20,23)(H2,21,22,24)/t14-,15+/m0/s1. The molecule has 1 aliphatic carbocycles. The number of urea groups is 1. The van der Waals surface area contributed by atoms with Gasteiger partial charge in [-0.3, -0.25) is 4.79 Å². The van der Waals surface area contributed by atoms with Crippen LogP contribution in [0.1, 0.15) is 34.0 Å². The predicted octanol–water partition coefficient (Wildman–Crippen LogP) is 2.01. The first-order chi connectivity index (χ1) is 12.1. The van der Waals surface area contributed by atoms with Crippen molar-refractivity contribution in [1.29, 1.82) is 0 Å². The highest BCUT2D eigenvalue weighted by Crippen LogP contribution is 2.41. The zero-order valence-corrected chi connectivity index (χ0v) is 13.7. The molecule has 2 aliphatic rings.